The molecule has 5 heteroatoms. The van der Waals surface area contributed by atoms with Crippen LogP contribution in [0.4, 0.5) is 0 Å². The Kier molecular flexibility index (Phi) is 5.42. The van der Waals surface area contributed by atoms with Crippen LogP contribution in [0, 0.1) is 5.92 Å². The topological polar surface area (TPSA) is 49.9 Å². The van der Waals surface area contributed by atoms with E-state index in [1.165, 1.54) is 0 Å². The number of piperazine rings is 1. The van der Waals surface area contributed by atoms with Crippen molar-refractivity contribution in [3.05, 3.63) is 35.9 Å². The van der Waals surface area contributed by atoms with E-state index in [2.05, 4.69) is 0 Å². The molecule has 1 fully saturated rings. The molecule has 0 aliphatic carbocycles. The molecule has 0 N–H and O–H groups in total. The highest BCUT2D eigenvalue weighted by Crippen LogP contribution is 2.27. The minimum atomic E-state index is -0.995. The first-order valence-corrected chi connectivity index (χ1v) is 8.09. The zero-order valence-corrected chi connectivity index (χ0v) is 14.4. The number of hydrogen-bond donors (Lipinski definition) is 0. The highest BCUT2D eigenvalue weighted by Gasteiger charge is 2.39. The second-order valence-electron chi connectivity index (χ2n) is 6.38. The summed E-state index contributed by atoms with van der Waals surface area (Å²) in [5, 5.41) is 0. The van der Waals surface area contributed by atoms with Gasteiger partial charge in [0.2, 0.25) is 5.91 Å². The summed E-state index contributed by atoms with van der Waals surface area (Å²) in [6.45, 7) is 7.85. The minimum Gasteiger partial charge on any atom is -0.364 e. The Morgan fingerprint density at radius 3 is 2.04 bits per heavy atom. The molecule has 0 saturated carbocycles. The van der Waals surface area contributed by atoms with E-state index in [9.17, 15) is 9.59 Å². The number of carbonyl (C=O) groups excluding carboxylic acids is 2. The van der Waals surface area contributed by atoms with Gasteiger partial charge in [0.05, 0.1) is 0 Å². The number of rotatable bonds is 4. The lowest BCUT2D eigenvalue weighted by Crippen LogP contribution is -2.55. The first-order valence-electron chi connectivity index (χ1n) is 8.09. The molecule has 1 heterocycles. The quantitative estimate of drug-likeness (QED) is 0.851. The number of benzene rings is 1. The smallest absolute Gasteiger partial charge is 0.259 e. The van der Waals surface area contributed by atoms with Crippen LogP contribution < -0.4 is 0 Å². The first-order chi connectivity index (χ1) is 10.9. The van der Waals surface area contributed by atoms with Gasteiger partial charge in [-0.15, -0.1) is 0 Å². The van der Waals surface area contributed by atoms with E-state index in [1.54, 1.807) is 18.9 Å². The van der Waals surface area contributed by atoms with Gasteiger partial charge in [-0.2, -0.15) is 0 Å². The lowest BCUT2D eigenvalue weighted by atomic mass is 9.93. The molecule has 5 nitrogen and oxygen atoms in total. The monoisotopic (exact) mass is 318 g/mol. The summed E-state index contributed by atoms with van der Waals surface area (Å²) in [7, 11) is 1.56. The summed E-state index contributed by atoms with van der Waals surface area (Å²) >= 11 is 0. The van der Waals surface area contributed by atoms with Crippen molar-refractivity contribution in [1.82, 2.24) is 9.80 Å². The molecule has 2 amide bonds. The van der Waals surface area contributed by atoms with Gasteiger partial charge in [0, 0.05) is 39.2 Å². The fraction of sp³-hybridized carbons (Fsp3) is 0.556. The molecule has 1 atom stereocenters. The Labute approximate surface area is 138 Å². The number of nitrogens with zero attached hydrogens (tertiary/aromatic N) is 2. The average molecular weight is 318 g/mol. The van der Waals surface area contributed by atoms with Crippen molar-refractivity contribution in [2.24, 2.45) is 5.92 Å². The predicted octanol–water partition coefficient (Wildman–Crippen LogP) is 1.87. The minimum absolute atomic E-state index is 0.00851. The Bertz CT molecular complexity index is 551. The van der Waals surface area contributed by atoms with Gasteiger partial charge in [-0.05, 0) is 12.5 Å². The molecule has 0 aromatic heterocycles. The zero-order chi connectivity index (χ0) is 17.0. The molecule has 0 bridgehead atoms. The molecule has 1 aliphatic rings. The van der Waals surface area contributed by atoms with Gasteiger partial charge in [0.1, 0.15) is 0 Å². The van der Waals surface area contributed by atoms with Gasteiger partial charge < -0.3 is 14.5 Å². The van der Waals surface area contributed by atoms with Gasteiger partial charge in [0.25, 0.3) is 5.91 Å². The number of carbonyl (C=O) groups is 2. The summed E-state index contributed by atoms with van der Waals surface area (Å²) in [5.74, 6) is 0.0864. The van der Waals surface area contributed by atoms with Crippen LogP contribution in [0.25, 0.3) is 0 Å². The maximum absolute atomic E-state index is 13.0. The van der Waals surface area contributed by atoms with E-state index < -0.39 is 5.60 Å². The number of amides is 2. The van der Waals surface area contributed by atoms with Crippen LogP contribution >= 0.6 is 0 Å². The molecule has 0 radical (unpaired) electrons. The van der Waals surface area contributed by atoms with E-state index in [0.29, 0.717) is 26.2 Å². The Morgan fingerprint density at radius 2 is 1.57 bits per heavy atom. The number of methoxy groups -OCH3 is 1. The summed E-state index contributed by atoms with van der Waals surface area (Å²) in [6.07, 6.45) is 0. The molecule has 1 saturated heterocycles. The summed E-state index contributed by atoms with van der Waals surface area (Å²) in [6, 6.07) is 9.53. The van der Waals surface area contributed by atoms with E-state index in [1.807, 2.05) is 49.1 Å². The van der Waals surface area contributed by atoms with Crippen molar-refractivity contribution in [2.75, 3.05) is 33.3 Å². The third-order valence-electron chi connectivity index (χ3n) is 4.51. The van der Waals surface area contributed by atoms with Gasteiger partial charge >= 0.3 is 0 Å². The van der Waals surface area contributed by atoms with Crippen LogP contribution in [0.1, 0.15) is 26.3 Å². The van der Waals surface area contributed by atoms with Gasteiger partial charge in [-0.25, -0.2) is 0 Å². The van der Waals surface area contributed by atoms with Crippen molar-refractivity contribution in [3.63, 3.8) is 0 Å². The number of hydrogen-bond acceptors (Lipinski definition) is 3. The lowest BCUT2D eigenvalue weighted by Gasteiger charge is -2.39. The van der Waals surface area contributed by atoms with Crippen LogP contribution in [-0.2, 0) is 19.9 Å². The van der Waals surface area contributed by atoms with Crippen LogP contribution in [0.2, 0.25) is 0 Å². The van der Waals surface area contributed by atoms with Gasteiger partial charge in [0.15, 0.2) is 5.60 Å². The molecule has 2 rings (SSSR count). The third-order valence-corrected chi connectivity index (χ3v) is 4.51. The van der Waals surface area contributed by atoms with Crippen molar-refractivity contribution in [1.29, 1.82) is 0 Å². The standard InChI is InChI=1S/C18H26N2O3/c1-14(2)16(21)19-10-12-20(13-11-19)17(22)18(3,23-4)15-8-6-5-7-9-15/h5-9,14H,10-13H2,1-4H3/t18-/m1/s1. The van der Waals surface area contributed by atoms with Crippen LogP contribution in [0.15, 0.2) is 30.3 Å². The highest BCUT2D eigenvalue weighted by molar-refractivity contribution is 5.86. The molecule has 1 aliphatic heterocycles. The Hall–Kier alpha value is -1.88. The number of ether oxygens (including phenoxy) is 1. The fourth-order valence-electron chi connectivity index (χ4n) is 2.88. The summed E-state index contributed by atoms with van der Waals surface area (Å²) < 4.78 is 5.58. The summed E-state index contributed by atoms with van der Waals surface area (Å²) in [4.78, 5) is 28.6. The normalized spacial score (nSPS) is 18.0. The maximum atomic E-state index is 13.0. The molecule has 1 aromatic carbocycles. The van der Waals surface area contributed by atoms with Crippen LogP contribution in [-0.4, -0.2) is 54.9 Å². The van der Waals surface area contributed by atoms with Crippen molar-refractivity contribution < 1.29 is 14.3 Å². The van der Waals surface area contributed by atoms with Gasteiger partial charge in [-0.3, -0.25) is 9.59 Å². The second-order valence-corrected chi connectivity index (χ2v) is 6.38. The molecular formula is C18H26N2O3. The maximum Gasteiger partial charge on any atom is 0.259 e. The van der Waals surface area contributed by atoms with E-state index >= 15 is 0 Å². The van der Waals surface area contributed by atoms with Gasteiger partial charge in [-0.1, -0.05) is 44.2 Å². The van der Waals surface area contributed by atoms with Crippen LogP contribution in [0.3, 0.4) is 0 Å². The largest absolute Gasteiger partial charge is 0.364 e. The Morgan fingerprint density at radius 1 is 1.04 bits per heavy atom. The SMILES string of the molecule is CO[C@@](C)(C(=O)N1CCN(C(=O)C(C)C)CC1)c1ccccc1. The fourth-order valence-corrected chi connectivity index (χ4v) is 2.88. The Balaban J connectivity index is 2.08. The molecule has 126 valence electrons. The van der Waals surface area contributed by atoms with Crippen molar-refractivity contribution in [2.45, 2.75) is 26.4 Å². The van der Waals surface area contributed by atoms with E-state index in [0.717, 1.165) is 5.56 Å². The lowest BCUT2D eigenvalue weighted by molar-refractivity contribution is -0.158. The van der Waals surface area contributed by atoms with E-state index in [4.69, 9.17) is 4.74 Å². The van der Waals surface area contributed by atoms with Crippen molar-refractivity contribution >= 4 is 11.8 Å². The van der Waals surface area contributed by atoms with Crippen molar-refractivity contribution in [3.8, 4) is 0 Å². The van der Waals surface area contributed by atoms with E-state index in [-0.39, 0.29) is 17.7 Å². The zero-order valence-electron chi connectivity index (χ0n) is 14.4. The highest BCUT2D eigenvalue weighted by atomic mass is 16.5. The second kappa shape index (κ2) is 7.13. The molecule has 0 unspecified atom stereocenters. The molecular weight excluding hydrogens is 292 g/mol. The molecule has 1 aromatic rings. The average Bonchev–Trinajstić information content (AvgIpc) is 2.60. The predicted molar refractivity (Wildman–Crippen MR) is 88.8 cm³/mol. The molecule has 0 spiro atoms. The first kappa shape index (κ1) is 17.5. The molecule has 23 heavy (non-hydrogen) atoms. The third kappa shape index (κ3) is 3.55. The van der Waals surface area contributed by atoms with Crippen LogP contribution in [0.5, 0.6) is 0 Å². The summed E-state index contributed by atoms with van der Waals surface area (Å²) in [5.41, 5.74) is -0.154.